The Balaban J connectivity index is 1.36. The highest BCUT2D eigenvalue weighted by Gasteiger charge is 2.39. The molecule has 0 spiro atoms. The van der Waals surface area contributed by atoms with Crippen molar-refractivity contribution in [1.82, 2.24) is 30.2 Å². The SMILES string of the molecule is O=C1CCC(N2Cc3c(Nc4nc(-c5ccc(F)cc5)nc5nc[nH]c45)cccc3C2=O)C(=O)N1. The van der Waals surface area contributed by atoms with Gasteiger partial charge in [-0.3, -0.25) is 19.7 Å². The zero-order valence-electron chi connectivity index (χ0n) is 18.2. The normalized spacial score (nSPS) is 17.6. The zero-order chi connectivity index (χ0) is 24.1. The number of aromatic nitrogens is 4. The lowest BCUT2D eigenvalue weighted by atomic mass is 10.0. The fourth-order valence-electron chi connectivity index (χ4n) is 4.48. The summed E-state index contributed by atoms with van der Waals surface area (Å²) in [7, 11) is 0. The summed E-state index contributed by atoms with van der Waals surface area (Å²) < 4.78 is 13.4. The lowest BCUT2D eigenvalue weighted by Crippen LogP contribution is -2.52. The van der Waals surface area contributed by atoms with Gasteiger partial charge < -0.3 is 15.2 Å². The number of rotatable bonds is 4. The maximum Gasteiger partial charge on any atom is 0.255 e. The van der Waals surface area contributed by atoms with E-state index in [1.165, 1.54) is 23.4 Å². The number of halogens is 1. The van der Waals surface area contributed by atoms with Crippen LogP contribution < -0.4 is 10.6 Å². The molecule has 0 radical (unpaired) electrons. The summed E-state index contributed by atoms with van der Waals surface area (Å²) in [5.74, 6) is -0.622. The third kappa shape index (κ3) is 3.57. The average molecular weight is 471 g/mol. The van der Waals surface area contributed by atoms with Gasteiger partial charge in [-0.25, -0.2) is 19.3 Å². The van der Waals surface area contributed by atoms with E-state index in [2.05, 4.69) is 30.6 Å². The Hall–Kier alpha value is -4.67. The minimum atomic E-state index is -0.705. The molecule has 1 saturated heterocycles. The number of nitrogens with zero attached hydrogens (tertiary/aromatic N) is 4. The van der Waals surface area contributed by atoms with Gasteiger partial charge in [-0.1, -0.05) is 6.07 Å². The lowest BCUT2D eigenvalue weighted by Gasteiger charge is -2.29. The summed E-state index contributed by atoms with van der Waals surface area (Å²) in [6, 6.07) is 10.4. The molecule has 2 aromatic heterocycles. The molecule has 0 saturated carbocycles. The largest absolute Gasteiger partial charge is 0.340 e. The summed E-state index contributed by atoms with van der Waals surface area (Å²) in [5, 5.41) is 5.60. The smallest absolute Gasteiger partial charge is 0.255 e. The molecular formula is C24H18FN7O3. The lowest BCUT2D eigenvalue weighted by molar-refractivity contribution is -0.136. The number of fused-ring (bicyclic) bond motifs is 2. The van der Waals surface area contributed by atoms with E-state index in [0.29, 0.717) is 39.6 Å². The minimum absolute atomic E-state index is 0.187. The minimum Gasteiger partial charge on any atom is -0.340 e. The van der Waals surface area contributed by atoms with Crippen molar-refractivity contribution in [3.63, 3.8) is 0 Å². The fourth-order valence-corrected chi connectivity index (χ4v) is 4.48. The second-order valence-electron chi connectivity index (χ2n) is 8.36. The first-order valence-electron chi connectivity index (χ1n) is 11.0. The van der Waals surface area contributed by atoms with Crippen molar-refractivity contribution in [1.29, 1.82) is 0 Å². The van der Waals surface area contributed by atoms with Crippen molar-refractivity contribution >= 4 is 40.4 Å². The van der Waals surface area contributed by atoms with E-state index in [-0.39, 0.29) is 37.0 Å². The van der Waals surface area contributed by atoms with Crippen molar-refractivity contribution in [2.75, 3.05) is 5.32 Å². The predicted molar refractivity (Wildman–Crippen MR) is 123 cm³/mol. The van der Waals surface area contributed by atoms with Gasteiger partial charge in [-0.2, -0.15) is 0 Å². The first kappa shape index (κ1) is 20.9. The Morgan fingerprint density at radius 1 is 1.06 bits per heavy atom. The van der Waals surface area contributed by atoms with Crippen LogP contribution in [0.25, 0.3) is 22.6 Å². The standard InChI is InChI=1S/C24H18FN7O3/c25-13-6-4-12(5-7-13)20-30-21-19(26-11-27-21)22(31-20)28-16-3-1-2-14-15(16)10-32(24(14)35)17-8-9-18(33)29-23(17)34/h1-7,11,17H,8-10H2,(H,29,33,34)(H2,26,27,28,30,31). The van der Waals surface area contributed by atoms with Gasteiger partial charge >= 0.3 is 0 Å². The number of hydrogen-bond donors (Lipinski definition) is 3. The number of imidazole rings is 1. The van der Waals surface area contributed by atoms with E-state index in [9.17, 15) is 18.8 Å². The first-order chi connectivity index (χ1) is 17.0. The number of amides is 3. The summed E-state index contributed by atoms with van der Waals surface area (Å²) in [4.78, 5) is 54.9. The van der Waals surface area contributed by atoms with Crippen molar-refractivity contribution in [3.05, 3.63) is 65.7 Å². The molecule has 4 aromatic rings. The van der Waals surface area contributed by atoms with Crippen LogP contribution in [0.1, 0.15) is 28.8 Å². The molecule has 2 aliphatic rings. The Bertz CT molecular complexity index is 1520. The molecule has 4 heterocycles. The topological polar surface area (TPSA) is 133 Å². The number of carbonyl (C=O) groups excluding carboxylic acids is 3. The van der Waals surface area contributed by atoms with Gasteiger partial charge in [0.25, 0.3) is 5.91 Å². The molecule has 0 aliphatic carbocycles. The van der Waals surface area contributed by atoms with Gasteiger partial charge in [0.1, 0.15) is 17.4 Å². The average Bonchev–Trinajstić information content (AvgIpc) is 3.45. The number of anilines is 2. The molecule has 3 N–H and O–H groups in total. The second kappa shape index (κ2) is 7.97. The maximum absolute atomic E-state index is 13.4. The molecule has 1 atom stereocenters. The third-order valence-corrected chi connectivity index (χ3v) is 6.22. The van der Waals surface area contributed by atoms with Crippen LogP contribution in [0.4, 0.5) is 15.9 Å². The summed E-state index contributed by atoms with van der Waals surface area (Å²) in [5.41, 5.74) is 3.46. The van der Waals surface area contributed by atoms with E-state index in [1.54, 1.807) is 24.3 Å². The van der Waals surface area contributed by atoms with Gasteiger partial charge in [-0.15, -0.1) is 0 Å². The molecule has 3 amide bonds. The third-order valence-electron chi connectivity index (χ3n) is 6.22. The van der Waals surface area contributed by atoms with Gasteiger partial charge in [0.05, 0.1) is 6.33 Å². The van der Waals surface area contributed by atoms with Crippen LogP contribution in [0.3, 0.4) is 0 Å². The fraction of sp³-hybridized carbons (Fsp3) is 0.167. The molecular weight excluding hydrogens is 453 g/mol. The Morgan fingerprint density at radius 3 is 2.69 bits per heavy atom. The van der Waals surface area contributed by atoms with E-state index in [4.69, 9.17) is 0 Å². The molecule has 11 heteroatoms. The van der Waals surface area contributed by atoms with Crippen LogP contribution in [0.5, 0.6) is 0 Å². The Labute approximate surface area is 197 Å². The monoisotopic (exact) mass is 471 g/mol. The van der Waals surface area contributed by atoms with Crippen LogP contribution in [0, 0.1) is 5.82 Å². The first-order valence-corrected chi connectivity index (χ1v) is 11.0. The van der Waals surface area contributed by atoms with Crippen LogP contribution in [0.2, 0.25) is 0 Å². The number of imide groups is 1. The van der Waals surface area contributed by atoms with Crippen molar-refractivity contribution in [3.8, 4) is 11.4 Å². The van der Waals surface area contributed by atoms with Gasteiger partial charge in [0.15, 0.2) is 17.3 Å². The van der Waals surface area contributed by atoms with Gasteiger partial charge in [0.2, 0.25) is 11.8 Å². The maximum atomic E-state index is 13.4. The zero-order valence-corrected chi connectivity index (χ0v) is 18.2. The number of aromatic amines is 1. The highest BCUT2D eigenvalue weighted by Crippen LogP contribution is 2.34. The van der Waals surface area contributed by atoms with Crippen molar-refractivity contribution < 1.29 is 18.8 Å². The molecule has 2 aliphatic heterocycles. The highest BCUT2D eigenvalue weighted by molar-refractivity contribution is 6.06. The van der Waals surface area contributed by atoms with E-state index in [0.717, 1.165) is 5.56 Å². The predicted octanol–water partition coefficient (Wildman–Crippen LogP) is 2.66. The molecule has 10 nitrogen and oxygen atoms in total. The molecule has 1 unspecified atom stereocenters. The number of nitrogens with one attached hydrogen (secondary N) is 3. The number of piperidine rings is 1. The Kier molecular flexibility index (Phi) is 4.76. The number of benzene rings is 2. The quantitative estimate of drug-likeness (QED) is 0.390. The van der Waals surface area contributed by atoms with Crippen LogP contribution in [0.15, 0.2) is 48.8 Å². The van der Waals surface area contributed by atoms with Crippen LogP contribution in [-0.2, 0) is 16.1 Å². The highest BCUT2D eigenvalue weighted by atomic mass is 19.1. The molecule has 0 bridgehead atoms. The molecule has 174 valence electrons. The van der Waals surface area contributed by atoms with Crippen LogP contribution in [-0.4, -0.2) is 48.6 Å². The number of H-pyrrole nitrogens is 1. The summed E-state index contributed by atoms with van der Waals surface area (Å²) in [6.45, 7) is 0.214. The number of hydrogen-bond acceptors (Lipinski definition) is 7. The van der Waals surface area contributed by atoms with Crippen molar-refractivity contribution in [2.24, 2.45) is 0 Å². The molecule has 35 heavy (non-hydrogen) atoms. The number of carbonyl (C=O) groups is 3. The molecule has 6 rings (SSSR count). The second-order valence-corrected chi connectivity index (χ2v) is 8.36. The summed E-state index contributed by atoms with van der Waals surface area (Å²) >= 11 is 0. The molecule has 2 aromatic carbocycles. The van der Waals surface area contributed by atoms with E-state index < -0.39 is 11.9 Å². The van der Waals surface area contributed by atoms with E-state index >= 15 is 0 Å². The van der Waals surface area contributed by atoms with Gasteiger partial charge in [0, 0.05) is 35.3 Å². The van der Waals surface area contributed by atoms with Crippen LogP contribution >= 0.6 is 0 Å². The van der Waals surface area contributed by atoms with Gasteiger partial charge in [-0.05, 0) is 42.8 Å². The Morgan fingerprint density at radius 2 is 1.89 bits per heavy atom. The summed E-state index contributed by atoms with van der Waals surface area (Å²) in [6.07, 6.45) is 1.98. The molecule has 1 fully saturated rings. The van der Waals surface area contributed by atoms with E-state index in [1.807, 2.05) is 6.07 Å². The van der Waals surface area contributed by atoms with Crippen molar-refractivity contribution in [2.45, 2.75) is 25.4 Å².